The summed E-state index contributed by atoms with van der Waals surface area (Å²) in [6.07, 6.45) is 2.61. The van der Waals surface area contributed by atoms with E-state index in [0.29, 0.717) is 11.8 Å². The van der Waals surface area contributed by atoms with E-state index in [0.717, 1.165) is 17.7 Å². The fourth-order valence-electron chi connectivity index (χ4n) is 2.60. The molecule has 0 atom stereocenters. The van der Waals surface area contributed by atoms with Gasteiger partial charge in [-0.05, 0) is 34.1 Å². The van der Waals surface area contributed by atoms with Crippen LogP contribution in [-0.4, -0.2) is 24.8 Å². The van der Waals surface area contributed by atoms with E-state index in [2.05, 4.69) is 12.1 Å². The molecular formula is C22H22O3Si. The number of ether oxygens (including phenoxy) is 1. The van der Waals surface area contributed by atoms with Gasteiger partial charge >= 0.3 is 8.56 Å². The maximum Gasteiger partial charge on any atom is 0.394 e. The highest BCUT2D eigenvalue weighted by Gasteiger charge is 2.27. The number of rotatable bonds is 7. The van der Waals surface area contributed by atoms with E-state index in [9.17, 15) is 9.59 Å². The van der Waals surface area contributed by atoms with E-state index >= 15 is 0 Å². The molecule has 0 fully saturated rings. The summed E-state index contributed by atoms with van der Waals surface area (Å²) in [5, 5.41) is 0.567. The van der Waals surface area contributed by atoms with Crippen LogP contribution in [-0.2, 0) is 6.42 Å². The maximum atomic E-state index is 10.3. The van der Waals surface area contributed by atoms with Gasteiger partial charge in [-0.15, -0.1) is 0 Å². The van der Waals surface area contributed by atoms with Gasteiger partial charge in [0.2, 0.25) is 0 Å². The van der Waals surface area contributed by atoms with Crippen LogP contribution in [0, 0.1) is 0 Å². The second kappa shape index (κ2) is 8.63. The molecule has 2 N–H and O–H groups in total. The van der Waals surface area contributed by atoms with Gasteiger partial charge in [0.15, 0.2) is 0 Å². The molecule has 0 aromatic heterocycles. The molecule has 0 saturated carbocycles. The number of hydrogen-bond acceptors (Lipinski definition) is 3. The predicted octanol–water partition coefficient (Wildman–Crippen LogP) is 3.19. The van der Waals surface area contributed by atoms with Crippen molar-refractivity contribution in [2.24, 2.45) is 0 Å². The van der Waals surface area contributed by atoms with Crippen molar-refractivity contribution in [3.63, 3.8) is 0 Å². The van der Waals surface area contributed by atoms with E-state index in [1.165, 1.54) is 11.3 Å². The number of hydrogen-bond donors (Lipinski definition) is 2. The van der Waals surface area contributed by atoms with Crippen LogP contribution in [0.25, 0.3) is 6.08 Å². The average Bonchev–Trinajstić information content (AvgIpc) is 2.69. The third-order valence-electron chi connectivity index (χ3n) is 4.09. The molecule has 0 saturated heterocycles. The van der Waals surface area contributed by atoms with E-state index in [4.69, 9.17) is 4.74 Å². The minimum Gasteiger partial charge on any atom is -0.493 e. The van der Waals surface area contributed by atoms with Crippen molar-refractivity contribution in [3.8, 4) is 5.75 Å². The van der Waals surface area contributed by atoms with Gasteiger partial charge in [0.25, 0.3) is 0 Å². The summed E-state index contributed by atoms with van der Waals surface area (Å²) in [5.41, 5.74) is 3.66. The molecule has 0 unspecified atom stereocenters. The fraction of sp³-hybridized carbons (Fsp3) is 0.0909. The number of benzene rings is 3. The van der Waals surface area contributed by atoms with Gasteiger partial charge in [-0.2, -0.15) is 0 Å². The quantitative estimate of drug-likeness (QED) is 0.635. The second-order valence-corrected chi connectivity index (χ2v) is 8.44. The summed E-state index contributed by atoms with van der Waals surface area (Å²) in [4.78, 5) is 20.6. The van der Waals surface area contributed by atoms with Crippen LogP contribution < -0.4 is 9.92 Å². The smallest absolute Gasteiger partial charge is 0.394 e. The molecule has 0 aliphatic carbocycles. The van der Waals surface area contributed by atoms with Gasteiger partial charge < -0.3 is 14.3 Å². The molecule has 3 aromatic carbocycles. The highest BCUT2D eigenvalue weighted by molar-refractivity contribution is 6.83. The van der Waals surface area contributed by atoms with Crippen LogP contribution in [0.15, 0.2) is 90.6 Å². The van der Waals surface area contributed by atoms with Crippen LogP contribution in [0.5, 0.6) is 5.75 Å². The molecule has 3 aromatic rings. The second-order valence-electron chi connectivity index (χ2n) is 6.08. The molecule has 132 valence electrons. The fourth-order valence-corrected chi connectivity index (χ4v) is 3.90. The zero-order valence-corrected chi connectivity index (χ0v) is 15.5. The molecule has 0 amide bonds. The van der Waals surface area contributed by atoms with Crippen LogP contribution in [0.1, 0.15) is 11.1 Å². The largest absolute Gasteiger partial charge is 0.493 e. The molecular weight excluding hydrogens is 340 g/mol. The first kappa shape index (κ1) is 18.1. The Morgan fingerprint density at radius 3 is 2.04 bits per heavy atom. The van der Waals surface area contributed by atoms with Crippen LogP contribution in [0.3, 0.4) is 0 Å². The minimum absolute atomic E-state index is 0.567. The molecule has 3 rings (SSSR count). The summed E-state index contributed by atoms with van der Waals surface area (Å²) in [7, 11) is -3.55. The molecule has 3 nitrogen and oxygen atoms in total. The van der Waals surface area contributed by atoms with Crippen molar-refractivity contribution in [2.45, 2.75) is 6.42 Å². The van der Waals surface area contributed by atoms with Crippen LogP contribution in [0.2, 0.25) is 0 Å². The summed E-state index contributed by atoms with van der Waals surface area (Å²) in [5.74, 6) is 0.803. The Balaban J connectivity index is 1.55. The third kappa shape index (κ3) is 5.16. The highest BCUT2D eigenvalue weighted by atomic mass is 28.4. The Morgan fingerprint density at radius 1 is 0.769 bits per heavy atom. The summed E-state index contributed by atoms with van der Waals surface area (Å²) in [6.45, 7) is 0.622. The van der Waals surface area contributed by atoms with Gasteiger partial charge in [-0.3, -0.25) is 0 Å². The molecule has 0 spiro atoms. The first-order valence-electron chi connectivity index (χ1n) is 8.60. The van der Waals surface area contributed by atoms with Crippen molar-refractivity contribution in [1.82, 2.24) is 0 Å². The van der Waals surface area contributed by atoms with Crippen molar-refractivity contribution >= 4 is 19.8 Å². The molecule has 0 bridgehead atoms. The lowest BCUT2D eigenvalue weighted by molar-refractivity contribution is 0.322. The maximum absolute atomic E-state index is 10.3. The monoisotopic (exact) mass is 362 g/mol. The lowest BCUT2D eigenvalue weighted by Crippen LogP contribution is -2.46. The highest BCUT2D eigenvalue weighted by Crippen LogP contribution is 2.14. The molecule has 4 heteroatoms. The summed E-state index contributed by atoms with van der Waals surface area (Å²) >= 11 is 0. The predicted molar refractivity (Wildman–Crippen MR) is 107 cm³/mol. The topological polar surface area (TPSA) is 49.7 Å². The van der Waals surface area contributed by atoms with Gasteiger partial charge in [0.05, 0.1) is 6.61 Å². The van der Waals surface area contributed by atoms with Gasteiger partial charge in [-0.1, -0.05) is 78.9 Å². The van der Waals surface area contributed by atoms with Gasteiger partial charge in [0.1, 0.15) is 5.75 Å². The lowest BCUT2D eigenvalue weighted by atomic mass is 10.2. The Hall–Kier alpha value is -2.66. The first-order valence-corrected chi connectivity index (χ1v) is 10.6. The molecule has 0 aliphatic rings. The standard InChI is InChI=1S/C22H22O3Si/c23-26(24,22-9-5-2-6-10-22)18-16-20-11-13-21(14-12-20)25-17-15-19-7-3-1-4-8-19/h1-14,16,18,23-24H,15,17H2/b18-16+. The van der Waals surface area contributed by atoms with E-state index in [1.807, 2.05) is 48.5 Å². The van der Waals surface area contributed by atoms with Crippen molar-refractivity contribution in [1.29, 1.82) is 0 Å². The Labute approximate surface area is 155 Å². The van der Waals surface area contributed by atoms with Crippen molar-refractivity contribution in [2.75, 3.05) is 6.61 Å². The van der Waals surface area contributed by atoms with E-state index in [-0.39, 0.29) is 0 Å². The average molecular weight is 363 g/mol. The molecule has 0 radical (unpaired) electrons. The minimum atomic E-state index is -3.55. The molecule has 0 aliphatic heterocycles. The molecule has 26 heavy (non-hydrogen) atoms. The normalized spacial score (nSPS) is 11.6. The Morgan fingerprint density at radius 2 is 1.38 bits per heavy atom. The summed E-state index contributed by atoms with van der Waals surface area (Å²) < 4.78 is 5.77. The molecule has 0 heterocycles. The van der Waals surface area contributed by atoms with Crippen molar-refractivity contribution in [3.05, 3.63) is 102 Å². The zero-order valence-electron chi connectivity index (χ0n) is 14.5. The SMILES string of the molecule is O[Si](O)(/C=C/c1ccc(OCCc2ccccc2)cc1)c1ccccc1. The van der Waals surface area contributed by atoms with Gasteiger partial charge in [-0.25, -0.2) is 0 Å². The lowest BCUT2D eigenvalue weighted by Gasteiger charge is -2.13. The Bertz CT molecular complexity index is 828. The van der Waals surface area contributed by atoms with Gasteiger partial charge in [0, 0.05) is 6.42 Å². The van der Waals surface area contributed by atoms with Crippen LogP contribution >= 0.6 is 0 Å². The zero-order chi connectivity index (χ0) is 18.2. The van der Waals surface area contributed by atoms with Crippen LogP contribution in [0.4, 0.5) is 0 Å². The summed E-state index contributed by atoms with van der Waals surface area (Å²) in [6, 6.07) is 26.8. The van der Waals surface area contributed by atoms with Crippen molar-refractivity contribution < 1.29 is 14.3 Å². The van der Waals surface area contributed by atoms with E-state index in [1.54, 1.807) is 30.3 Å². The third-order valence-corrected chi connectivity index (χ3v) is 5.90. The Kier molecular flexibility index (Phi) is 6.02. The van der Waals surface area contributed by atoms with E-state index < -0.39 is 8.56 Å². The first-order chi connectivity index (χ1) is 12.6.